The molecule has 7 nitrogen and oxygen atoms in total. The van der Waals surface area contributed by atoms with Crippen LogP contribution in [0.2, 0.25) is 0 Å². The molecular weight excluding hydrogens is 456 g/mol. The Bertz CT molecular complexity index is 1300. The molecule has 1 N–H and O–H groups in total. The number of carbonyl (C=O) groups excluding carboxylic acids is 3. The van der Waals surface area contributed by atoms with Crippen LogP contribution in [0.3, 0.4) is 0 Å². The van der Waals surface area contributed by atoms with Gasteiger partial charge in [0.2, 0.25) is 0 Å². The molecule has 0 aliphatic carbocycles. The Kier molecular flexibility index (Phi) is 6.65. The second kappa shape index (κ2) is 9.80. The molecule has 4 rings (SSSR count). The molecule has 1 aliphatic heterocycles. The maximum atomic E-state index is 12.9. The van der Waals surface area contributed by atoms with Crippen molar-refractivity contribution in [3.63, 3.8) is 0 Å². The molecule has 0 atom stereocenters. The number of ether oxygens (including phenoxy) is 2. The van der Waals surface area contributed by atoms with Gasteiger partial charge in [-0.15, -0.1) is 0 Å². The molecule has 1 heterocycles. The molecule has 0 saturated carbocycles. The number of imide groups is 1. The fraction of sp³-hybridized carbons (Fsp3) is 0.115. The molecule has 0 fully saturated rings. The van der Waals surface area contributed by atoms with Crippen molar-refractivity contribution in [1.82, 2.24) is 0 Å². The van der Waals surface area contributed by atoms with Gasteiger partial charge in [-0.1, -0.05) is 36.7 Å². The van der Waals surface area contributed by atoms with Crippen molar-refractivity contribution in [3.05, 3.63) is 94.7 Å². The Morgan fingerprint density at radius 1 is 0.941 bits per heavy atom. The summed E-state index contributed by atoms with van der Waals surface area (Å²) < 4.78 is 10.6. The van der Waals surface area contributed by atoms with Crippen molar-refractivity contribution in [3.8, 4) is 11.5 Å². The van der Waals surface area contributed by atoms with Crippen LogP contribution in [-0.2, 0) is 16.0 Å². The molecule has 0 unspecified atom stereocenters. The number of amides is 2. The Morgan fingerprint density at radius 2 is 1.65 bits per heavy atom. The van der Waals surface area contributed by atoms with Crippen molar-refractivity contribution < 1.29 is 23.9 Å². The van der Waals surface area contributed by atoms with Gasteiger partial charge in [0.05, 0.1) is 18.4 Å². The lowest BCUT2D eigenvalue weighted by Gasteiger charge is -2.16. The Labute approximate surface area is 201 Å². The van der Waals surface area contributed by atoms with Crippen LogP contribution in [0.4, 0.5) is 11.4 Å². The number of hydrogen-bond donors (Lipinski definition) is 1. The minimum absolute atomic E-state index is 0.0545. The molecule has 172 valence electrons. The van der Waals surface area contributed by atoms with Gasteiger partial charge < -0.3 is 14.8 Å². The summed E-state index contributed by atoms with van der Waals surface area (Å²) in [6.45, 7) is 2.02. The summed E-state index contributed by atoms with van der Waals surface area (Å²) in [7, 11) is 1.49. The van der Waals surface area contributed by atoms with Crippen LogP contribution < -0.4 is 19.7 Å². The van der Waals surface area contributed by atoms with Gasteiger partial charge in [-0.3, -0.25) is 9.59 Å². The number of nitrogens with zero attached hydrogens (tertiary/aromatic N) is 1. The molecule has 2 amide bonds. The summed E-state index contributed by atoms with van der Waals surface area (Å²) in [6.07, 6.45) is 0.834. The number of anilines is 2. The largest absolute Gasteiger partial charge is 0.497 e. The number of rotatable bonds is 7. The van der Waals surface area contributed by atoms with Crippen molar-refractivity contribution in [1.29, 1.82) is 0 Å². The third-order valence-electron chi connectivity index (χ3n) is 5.25. The summed E-state index contributed by atoms with van der Waals surface area (Å²) >= 11 is 6.19. The van der Waals surface area contributed by atoms with Crippen molar-refractivity contribution in [2.24, 2.45) is 0 Å². The van der Waals surface area contributed by atoms with Gasteiger partial charge in [-0.25, -0.2) is 9.69 Å². The van der Waals surface area contributed by atoms with Crippen LogP contribution in [0.25, 0.3) is 0 Å². The van der Waals surface area contributed by atoms with Gasteiger partial charge in [0.1, 0.15) is 22.2 Å². The fourth-order valence-corrected chi connectivity index (χ4v) is 3.64. The first kappa shape index (κ1) is 23.1. The van der Waals surface area contributed by atoms with Gasteiger partial charge in [0, 0.05) is 11.8 Å². The molecule has 3 aromatic carbocycles. The maximum absolute atomic E-state index is 12.9. The zero-order valence-corrected chi connectivity index (χ0v) is 19.3. The highest BCUT2D eigenvalue weighted by Crippen LogP contribution is 2.31. The quantitative estimate of drug-likeness (QED) is 0.296. The number of halogens is 1. The smallest absolute Gasteiger partial charge is 0.343 e. The molecule has 0 saturated heterocycles. The highest BCUT2D eigenvalue weighted by molar-refractivity contribution is 6.53. The summed E-state index contributed by atoms with van der Waals surface area (Å²) in [5.74, 6) is -0.774. The minimum Gasteiger partial charge on any atom is -0.497 e. The van der Waals surface area contributed by atoms with E-state index in [1.807, 2.05) is 25.1 Å². The lowest BCUT2D eigenvalue weighted by Crippen LogP contribution is -2.32. The van der Waals surface area contributed by atoms with E-state index in [1.54, 1.807) is 54.6 Å². The number of carbonyl (C=O) groups is 3. The minimum atomic E-state index is -0.642. The van der Waals surface area contributed by atoms with E-state index in [4.69, 9.17) is 21.1 Å². The van der Waals surface area contributed by atoms with E-state index in [0.717, 1.165) is 16.9 Å². The van der Waals surface area contributed by atoms with Crippen LogP contribution in [0.5, 0.6) is 11.5 Å². The molecule has 34 heavy (non-hydrogen) atoms. The van der Waals surface area contributed by atoms with E-state index in [9.17, 15) is 14.4 Å². The summed E-state index contributed by atoms with van der Waals surface area (Å²) in [6, 6.07) is 20.2. The second-order valence-corrected chi connectivity index (χ2v) is 7.81. The molecule has 3 aromatic rings. The summed E-state index contributed by atoms with van der Waals surface area (Å²) in [5, 5.41) is 2.65. The Balaban J connectivity index is 1.47. The molecule has 8 heteroatoms. The van der Waals surface area contributed by atoms with E-state index in [-0.39, 0.29) is 10.7 Å². The summed E-state index contributed by atoms with van der Waals surface area (Å²) in [4.78, 5) is 39.1. The molecule has 0 bridgehead atoms. The van der Waals surface area contributed by atoms with E-state index >= 15 is 0 Å². The predicted molar refractivity (Wildman–Crippen MR) is 129 cm³/mol. The standard InChI is InChI=1S/C26H21ClN2O5/c1-3-16-6-4-9-21(14-16)34-26(32)17-10-12-18(13-11-17)28-23-22(27)24(30)29(25(23)31)19-7-5-8-20(15-19)33-2/h4-15,28H,3H2,1-2H3. The second-order valence-electron chi connectivity index (χ2n) is 7.43. The third-order valence-corrected chi connectivity index (χ3v) is 5.60. The van der Waals surface area contributed by atoms with E-state index < -0.39 is 17.8 Å². The lowest BCUT2D eigenvalue weighted by atomic mass is 10.1. The van der Waals surface area contributed by atoms with E-state index in [1.165, 1.54) is 7.11 Å². The topological polar surface area (TPSA) is 84.9 Å². The van der Waals surface area contributed by atoms with Crippen molar-refractivity contribution in [2.45, 2.75) is 13.3 Å². The van der Waals surface area contributed by atoms with Crippen LogP contribution in [0, 0.1) is 0 Å². The number of methoxy groups -OCH3 is 1. The van der Waals surface area contributed by atoms with Gasteiger partial charge in [0.15, 0.2) is 0 Å². The number of nitrogens with one attached hydrogen (secondary N) is 1. The number of hydrogen-bond acceptors (Lipinski definition) is 6. The van der Waals surface area contributed by atoms with Gasteiger partial charge in [-0.05, 0) is 60.5 Å². The normalized spacial score (nSPS) is 13.3. The number of esters is 1. The van der Waals surface area contributed by atoms with Crippen LogP contribution in [-0.4, -0.2) is 24.9 Å². The number of benzene rings is 3. The first-order chi connectivity index (χ1) is 16.4. The zero-order valence-electron chi connectivity index (χ0n) is 18.5. The highest BCUT2D eigenvalue weighted by Gasteiger charge is 2.39. The molecule has 0 radical (unpaired) electrons. The average molecular weight is 477 g/mol. The van der Waals surface area contributed by atoms with Crippen LogP contribution in [0.15, 0.2) is 83.5 Å². The average Bonchev–Trinajstić information content (AvgIpc) is 3.07. The van der Waals surface area contributed by atoms with Gasteiger partial charge in [0.25, 0.3) is 11.8 Å². The predicted octanol–water partition coefficient (Wildman–Crippen LogP) is 4.91. The first-order valence-corrected chi connectivity index (χ1v) is 10.9. The van der Waals surface area contributed by atoms with Gasteiger partial charge >= 0.3 is 5.97 Å². The number of aryl methyl sites for hydroxylation is 1. The van der Waals surface area contributed by atoms with Crippen LogP contribution in [0.1, 0.15) is 22.8 Å². The Morgan fingerprint density at radius 3 is 2.35 bits per heavy atom. The van der Waals surface area contributed by atoms with E-state index in [0.29, 0.717) is 28.4 Å². The van der Waals surface area contributed by atoms with Crippen molar-refractivity contribution in [2.75, 3.05) is 17.3 Å². The molecule has 0 spiro atoms. The van der Waals surface area contributed by atoms with Crippen molar-refractivity contribution >= 4 is 40.8 Å². The monoisotopic (exact) mass is 476 g/mol. The first-order valence-electron chi connectivity index (χ1n) is 10.5. The SMILES string of the molecule is CCc1cccc(OC(=O)c2ccc(NC3=C(Cl)C(=O)N(c4cccc(OC)c4)C3=O)cc2)c1. The van der Waals surface area contributed by atoms with Gasteiger partial charge in [-0.2, -0.15) is 0 Å². The fourth-order valence-electron chi connectivity index (χ4n) is 3.42. The lowest BCUT2D eigenvalue weighted by molar-refractivity contribution is -0.120. The summed E-state index contributed by atoms with van der Waals surface area (Å²) in [5.41, 5.74) is 2.16. The zero-order chi connectivity index (χ0) is 24.2. The van der Waals surface area contributed by atoms with E-state index in [2.05, 4.69) is 5.32 Å². The molecular formula is C26H21ClN2O5. The molecule has 0 aromatic heterocycles. The Hall–Kier alpha value is -4.10. The highest BCUT2D eigenvalue weighted by atomic mass is 35.5. The molecule has 1 aliphatic rings. The third kappa shape index (κ3) is 4.65. The van der Waals surface area contributed by atoms with Crippen LogP contribution >= 0.6 is 11.6 Å². The maximum Gasteiger partial charge on any atom is 0.343 e.